The van der Waals surface area contributed by atoms with E-state index in [9.17, 15) is 24.3 Å². The van der Waals surface area contributed by atoms with Crippen molar-refractivity contribution in [3.8, 4) is 11.5 Å². The van der Waals surface area contributed by atoms with Crippen molar-refractivity contribution in [3.05, 3.63) is 23.8 Å². The first-order chi connectivity index (χ1) is 19.7. The molecule has 12 nitrogen and oxygen atoms in total. The molecule has 1 aromatic rings. The van der Waals surface area contributed by atoms with Crippen molar-refractivity contribution in [2.75, 3.05) is 19.8 Å². The normalized spacial score (nSPS) is 15.2. The molecule has 3 N–H and O–H groups in total. The van der Waals surface area contributed by atoms with E-state index in [2.05, 4.69) is 0 Å². The summed E-state index contributed by atoms with van der Waals surface area (Å²) in [4.78, 5) is 48.9. The standard InChI is InChI=1S/C30H47NO11/c1-8-19(4)16-37-27(34)40-22(7)14-30(31,26(32)33)15-23-11-12-24(41-28(35)38-17-20(5)9-2)25(13-23)42-29(36)39-18-21(6)10-3/h11-13,19-22H,8-10,14-18,31H2,1-7H3,(H,32,33)/t19?,20?,21?,22-,30?/m0/s1. The third kappa shape index (κ3) is 13.4. The molecular weight excluding hydrogens is 550 g/mol. The highest BCUT2D eigenvalue weighted by Gasteiger charge is 2.37. The molecule has 1 aromatic carbocycles. The number of carbonyl (C=O) groups excluding carboxylic acids is 3. The molecule has 4 unspecified atom stereocenters. The number of ether oxygens (including phenoxy) is 6. The van der Waals surface area contributed by atoms with E-state index in [4.69, 9.17) is 34.2 Å². The van der Waals surface area contributed by atoms with E-state index in [0.717, 1.165) is 19.3 Å². The minimum atomic E-state index is -1.87. The number of hydrogen-bond donors (Lipinski definition) is 2. The van der Waals surface area contributed by atoms with Crippen LogP contribution < -0.4 is 15.2 Å². The van der Waals surface area contributed by atoms with Crippen LogP contribution in [0, 0.1) is 17.8 Å². The molecular formula is C30H47NO11. The highest BCUT2D eigenvalue weighted by atomic mass is 16.7. The summed E-state index contributed by atoms with van der Waals surface area (Å²) in [6, 6.07) is 4.15. The summed E-state index contributed by atoms with van der Waals surface area (Å²) in [7, 11) is 0. The topological polar surface area (TPSA) is 170 Å². The van der Waals surface area contributed by atoms with Gasteiger partial charge in [-0.2, -0.15) is 0 Å². The van der Waals surface area contributed by atoms with Gasteiger partial charge >= 0.3 is 24.4 Å². The third-order valence-electron chi connectivity index (χ3n) is 6.84. The van der Waals surface area contributed by atoms with Crippen molar-refractivity contribution < 1.29 is 52.7 Å². The largest absolute Gasteiger partial charge is 0.513 e. The predicted octanol–water partition coefficient (Wildman–Crippen LogP) is 6.11. The zero-order valence-electron chi connectivity index (χ0n) is 25.8. The number of nitrogens with two attached hydrogens (primary N) is 1. The van der Waals surface area contributed by atoms with E-state index >= 15 is 0 Å². The number of hydrogen-bond acceptors (Lipinski definition) is 11. The Hall–Kier alpha value is -3.54. The molecule has 42 heavy (non-hydrogen) atoms. The summed E-state index contributed by atoms with van der Waals surface area (Å²) in [5, 5.41) is 9.95. The van der Waals surface area contributed by atoms with Crippen LogP contribution in [0.4, 0.5) is 14.4 Å². The van der Waals surface area contributed by atoms with Crippen molar-refractivity contribution in [2.24, 2.45) is 23.5 Å². The lowest BCUT2D eigenvalue weighted by Gasteiger charge is -2.28. The molecule has 0 heterocycles. The number of benzene rings is 1. The van der Waals surface area contributed by atoms with Crippen LogP contribution in [0.3, 0.4) is 0 Å². The maximum atomic E-state index is 12.4. The summed E-state index contributed by atoms with van der Waals surface area (Å²) in [6.07, 6.45) is -1.91. The molecule has 0 fully saturated rings. The molecule has 0 aliphatic heterocycles. The third-order valence-corrected chi connectivity index (χ3v) is 6.84. The fraction of sp³-hybridized carbons (Fsp3) is 0.667. The van der Waals surface area contributed by atoms with Crippen LogP contribution in [0.25, 0.3) is 0 Å². The molecule has 0 saturated heterocycles. The van der Waals surface area contributed by atoms with Crippen LogP contribution in [0.15, 0.2) is 18.2 Å². The van der Waals surface area contributed by atoms with Crippen LogP contribution >= 0.6 is 0 Å². The Bertz CT molecular complexity index is 1030. The van der Waals surface area contributed by atoms with Gasteiger partial charge in [0.05, 0.1) is 19.8 Å². The number of carbonyl (C=O) groups is 4. The Morgan fingerprint density at radius 3 is 1.67 bits per heavy atom. The molecule has 238 valence electrons. The van der Waals surface area contributed by atoms with Crippen LogP contribution in [-0.2, 0) is 30.2 Å². The monoisotopic (exact) mass is 597 g/mol. The Balaban J connectivity index is 3.12. The zero-order valence-corrected chi connectivity index (χ0v) is 25.8. The van der Waals surface area contributed by atoms with Crippen molar-refractivity contribution >= 4 is 24.4 Å². The lowest BCUT2D eigenvalue weighted by Crippen LogP contribution is -2.52. The van der Waals surface area contributed by atoms with Gasteiger partial charge in [0.1, 0.15) is 11.6 Å². The summed E-state index contributed by atoms with van der Waals surface area (Å²) in [5.74, 6) is -1.29. The Labute approximate surface area is 248 Å². The molecule has 5 atom stereocenters. The minimum Gasteiger partial charge on any atom is -0.480 e. The average Bonchev–Trinajstić information content (AvgIpc) is 2.94. The van der Waals surface area contributed by atoms with E-state index in [1.807, 2.05) is 41.5 Å². The van der Waals surface area contributed by atoms with Gasteiger partial charge in [-0.25, -0.2) is 14.4 Å². The van der Waals surface area contributed by atoms with Crippen molar-refractivity contribution in [3.63, 3.8) is 0 Å². The molecule has 0 spiro atoms. The number of aliphatic carboxylic acids is 1. The van der Waals surface area contributed by atoms with E-state index in [-0.39, 0.29) is 61.9 Å². The smallest absolute Gasteiger partial charge is 0.480 e. The van der Waals surface area contributed by atoms with E-state index in [1.165, 1.54) is 25.1 Å². The summed E-state index contributed by atoms with van der Waals surface area (Å²) < 4.78 is 31.1. The van der Waals surface area contributed by atoms with Gasteiger partial charge in [-0.05, 0) is 42.4 Å². The lowest BCUT2D eigenvalue weighted by atomic mass is 9.86. The molecule has 0 amide bonds. The van der Waals surface area contributed by atoms with Gasteiger partial charge in [0.15, 0.2) is 11.5 Å². The van der Waals surface area contributed by atoms with Gasteiger partial charge in [0.25, 0.3) is 0 Å². The average molecular weight is 598 g/mol. The summed E-state index contributed by atoms with van der Waals surface area (Å²) in [5.41, 5.74) is 4.74. The number of carboxylic acids is 1. The predicted molar refractivity (Wildman–Crippen MR) is 154 cm³/mol. The fourth-order valence-corrected chi connectivity index (χ4v) is 3.40. The second-order valence-corrected chi connectivity index (χ2v) is 11.0. The van der Waals surface area contributed by atoms with E-state index < -0.39 is 36.1 Å². The molecule has 0 aliphatic carbocycles. The van der Waals surface area contributed by atoms with Crippen LogP contribution in [0.1, 0.15) is 79.7 Å². The Morgan fingerprint density at radius 1 is 0.762 bits per heavy atom. The van der Waals surface area contributed by atoms with Gasteiger partial charge in [0.2, 0.25) is 0 Å². The van der Waals surface area contributed by atoms with E-state index in [1.54, 1.807) is 0 Å². The minimum absolute atomic E-state index is 0.0973. The fourth-order valence-electron chi connectivity index (χ4n) is 3.40. The van der Waals surface area contributed by atoms with Gasteiger partial charge in [-0.1, -0.05) is 66.9 Å². The van der Waals surface area contributed by atoms with Gasteiger partial charge in [-0.15, -0.1) is 0 Å². The van der Waals surface area contributed by atoms with Crippen LogP contribution in [0.2, 0.25) is 0 Å². The Kier molecular flexibility index (Phi) is 15.7. The first-order valence-corrected chi connectivity index (χ1v) is 14.4. The first kappa shape index (κ1) is 36.5. The molecule has 0 aromatic heterocycles. The lowest BCUT2D eigenvalue weighted by molar-refractivity contribution is -0.144. The maximum Gasteiger partial charge on any atom is 0.513 e. The molecule has 0 bridgehead atoms. The Morgan fingerprint density at radius 2 is 1.21 bits per heavy atom. The molecule has 12 heteroatoms. The summed E-state index contributed by atoms with van der Waals surface area (Å²) in [6.45, 7) is 13.5. The second kappa shape index (κ2) is 18.1. The van der Waals surface area contributed by atoms with Gasteiger partial charge in [-0.3, -0.25) is 4.79 Å². The summed E-state index contributed by atoms with van der Waals surface area (Å²) >= 11 is 0. The molecule has 0 radical (unpaired) electrons. The van der Waals surface area contributed by atoms with Crippen molar-refractivity contribution in [1.82, 2.24) is 0 Å². The van der Waals surface area contributed by atoms with Crippen molar-refractivity contribution in [1.29, 1.82) is 0 Å². The highest BCUT2D eigenvalue weighted by Crippen LogP contribution is 2.31. The zero-order chi connectivity index (χ0) is 31.9. The SMILES string of the molecule is CCC(C)COC(=O)Oc1ccc(CC(N)(C[C@H](C)OC(=O)OCC(C)CC)C(=O)O)cc1OC(=O)OCC(C)CC. The molecule has 1 rings (SSSR count). The highest BCUT2D eigenvalue weighted by molar-refractivity contribution is 5.79. The number of rotatable bonds is 17. The maximum absolute atomic E-state index is 12.4. The van der Waals surface area contributed by atoms with E-state index in [0.29, 0.717) is 5.56 Å². The quantitative estimate of drug-likeness (QED) is 0.120. The molecule has 0 saturated carbocycles. The number of carboxylic acid groups (broad SMARTS) is 1. The van der Waals surface area contributed by atoms with Crippen LogP contribution in [0.5, 0.6) is 11.5 Å². The van der Waals surface area contributed by atoms with Crippen LogP contribution in [-0.4, -0.2) is 61.0 Å². The first-order valence-electron chi connectivity index (χ1n) is 14.4. The van der Waals surface area contributed by atoms with Crippen molar-refractivity contribution in [2.45, 2.75) is 92.2 Å². The van der Waals surface area contributed by atoms with Gasteiger partial charge < -0.3 is 39.3 Å². The molecule has 0 aliphatic rings. The van der Waals surface area contributed by atoms with Gasteiger partial charge in [0, 0.05) is 12.8 Å². The second-order valence-electron chi connectivity index (χ2n) is 11.0.